The highest BCUT2D eigenvalue weighted by Crippen LogP contribution is 2.18. The number of urea groups is 1. The summed E-state index contributed by atoms with van der Waals surface area (Å²) in [5.41, 5.74) is 5.04. The lowest BCUT2D eigenvalue weighted by Crippen LogP contribution is -2.28. The summed E-state index contributed by atoms with van der Waals surface area (Å²) in [7, 11) is 0. The monoisotopic (exact) mass is 350 g/mol. The fourth-order valence-corrected chi connectivity index (χ4v) is 2.50. The van der Waals surface area contributed by atoms with Gasteiger partial charge in [0, 0.05) is 11.3 Å². The van der Waals surface area contributed by atoms with E-state index in [1.165, 1.54) is 18.5 Å². The zero-order chi connectivity index (χ0) is 18.5. The largest absolute Gasteiger partial charge is 0.332 e. The topological polar surface area (TPSA) is 66.9 Å². The molecule has 0 radical (unpaired) electrons. The van der Waals surface area contributed by atoms with Gasteiger partial charge < -0.3 is 10.6 Å². The number of carbonyl (C=O) groups is 1. The predicted octanol–water partition coefficient (Wildman–Crippen LogP) is 4.22. The Labute approximate surface area is 151 Å². The number of nitrogens with one attached hydrogen (secondary N) is 2. The smallest absolute Gasteiger partial charge is 0.319 e. The van der Waals surface area contributed by atoms with Crippen molar-refractivity contribution in [3.8, 4) is 11.3 Å². The molecule has 0 atom stereocenters. The number of benzene rings is 2. The van der Waals surface area contributed by atoms with E-state index in [-0.39, 0.29) is 18.4 Å². The van der Waals surface area contributed by atoms with Crippen LogP contribution in [0.3, 0.4) is 0 Å². The van der Waals surface area contributed by atoms with Crippen LogP contribution in [-0.4, -0.2) is 16.0 Å². The van der Waals surface area contributed by atoms with E-state index in [1.807, 2.05) is 32.0 Å². The summed E-state index contributed by atoms with van der Waals surface area (Å²) in [6.07, 6.45) is 1.43. The van der Waals surface area contributed by atoms with Crippen molar-refractivity contribution in [2.45, 2.75) is 20.4 Å². The van der Waals surface area contributed by atoms with Gasteiger partial charge in [-0.05, 0) is 61.4 Å². The molecular formula is C20H19FN4O. The van der Waals surface area contributed by atoms with Crippen LogP contribution in [0.1, 0.15) is 16.8 Å². The first-order valence-corrected chi connectivity index (χ1v) is 8.21. The Morgan fingerprint density at radius 3 is 2.62 bits per heavy atom. The Kier molecular flexibility index (Phi) is 5.22. The lowest BCUT2D eigenvalue weighted by Gasteiger charge is -2.11. The van der Waals surface area contributed by atoms with Gasteiger partial charge in [-0.25, -0.2) is 19.2 Å². The fraction of sp³-hybridized carbons (Fsp3) is 0.150. The average Bonchev–Trinajstić information content (AvgIpc) is 2.65. The molecule has 0 aliphatic rings. The Hall–Kier alpha value is -3.28. The summed E-state index contributed by atoms with van der Waals surface area (Å²) in [6, 6.07) is 13.3. The van der Waals surface area contributed by atoms with Gasteiger partial charge in [-0.2, -0.15) is 0 Å². The van der Waals surface area contributed by atoms with Gasteiger partial charge in [-0.3, -0.25) is 0 Å². The van der Waals surface area contributed by atoms with Crippen molar-refractivity contribution in [2.24, 2.45) is 0 Å². The van der Waals surface area contributed by atoms with Crippen LogP contribution in [-0.2, 0) is 6.54 Å². The van der Waals surface area contributed by atoms with Gasteiger partial charge in [0.2, 0.25) is 0 Å². The molecule has 2 amide bonds. The fourth-order valence-electron chi connectivity index (χ4n) is 2.50. The first-order valence-electron chi connectivity index (χ1n) is 8.21. The number of nitrogens with zero attached hydrogens (tertiary/aromatic N) is 2. The number of anilines is 1. The zero-order valence-corrected chi connectivity index (χ0v) is 14.6. The SMILES string of the molecule is Cc1cccc(NC(=O)NCc2cc(-c3ccc(F)cc3)ncn2)c1C. The molecular weight excluding hydrogens is 331 g/mol. The molecule has 1 aromatic heterocycles. The van der Waals surface area contributed by atoms with Crippen molar-refractivity contribution < 1.29 is 9.18 Å². The number of hydrogen-bond donors (Lipinski definition) is 2. The van der Waals surface area contributed by atoms with E-state index in [9.17, 15) is 9.18 Å². The Balaban J connectivity index is 1.64. The first kappa shape index (κ1) is 17.5. The van der Waals surface area contributed by atoms with Crippen molar-refractivity contribution in [1.29, 1.82) is 0 Å². The average molecular weight is 350 g/mol. The van der Waals surface area contributed by atoms with E-state index >= 15 is 0 Å². The number of amides is 2. The van der Waals surface area contributed by atoms with Crippen LogP contribution in [0.5, 0.6) is 0 Å². The number of halogens is 1. The second kappa shape index (κ2) is 7.74. The van der Waals surface area contributed by atoms with E-state index in [0.717, 1.165) is 22.4 Å². The molecule has 0 aliphatic carbocycles. The van der Waals surface area contributed by atoms with Crippen LogP contribution in [0.25, 0.3) is 11.3 Å². The lowest BCUT2D eigenvalue weighted by molar-refractivity contribution is 0.251. The molecule has 0 bridgehead atoms. The van der Waals surface area contributed by atoms with E-state index in [1.54, 1.807) is 18.2 Å². The molecule has 1 heterocycles. The van der Waals surface area contributed by atoms with Gasteiger partial charge in [0.15, 0.2) is 0 Å². The highest BCUT2D eigenvalue weighted by atomic mass is 19.1. The first-order chi connectivity index (χ1) is 12.5. The number of aromatic nitrogens is 2. The molecule has 2 aromatic carbocycles. The molecule has 0 aliphatic heterocycles. The highest BCUT2D eigenvalue weighted by Gasteiger charge is 2.07. The molecule has 0 saturated heterocycles. The molecule has 5 nitrogen and oxygen atoms in total. The van der Waals surface area contributed by atoms with E-state index in [2.05, 4.69) is 20.6 Å². The second-order valence-electron chi connectivity index (χ2n) is 5.96. The van der Waals surface area contributed by atoms with Crippen LogP contribution in [0, 0.1) is 19.7 Å². The van der Waals surface area contributed by atoms with Gasteiger partial charge in [0.1, 0.15) is 12.1 Å². The van der Waals surface area contributed by atoms with Crippen LogP contribution in [0.2, 0.25) is 0 Å². The number of carbonyl (C=O) groups excluding carboxylic acids is 1. The number of aryl methyl sites for hydroxylation is 1. The van der Waals surface area contributed by atoms with Gasteiger partial charge in [0.05, 0.1) is 17.9 Å². The van der Waals surface area contributed by atoms with Gasteiger partial charge in [-0.15, -0.1) is 0 Å². The Bertz CT molecular complexity index is 925. The Morgan fingerprint density at radius 1 is 1.08 bits per heavy atom. The number of hydrogen-bond acceptors (Lipinski definition) is 3. The number of rotatable bonds is 4. The molecule has 0 saturated carbocycles. The standard InChI is InChI=1S/C20H19FN4O/c1-13-4-3-5-18(14(13)2)25-20(26)22-11-17-10-19(24-12-23-17)15-6-8-16(21)9-7-15/h3-10,12H,11H2,1-2H3,(H2,22,25,26). The highest BCUT2D eigenvalue weighted by molar-refractivity contribution is 5.90. The van der Waals surface area contributed by atoms with Crippen molar-refractivity contribution >= 4 is 11.7 Å². The van der Waals surface area contributed by atoms with E-state index in [4.69, 9.17) is 0 Å². The maximum atomic E-state index is 13.0. The summed E-state index contributed by atoms with van der Waals surface area (Å²) in [6.45, 7) is 4.22. The molecule has 0 unspecified atom stereocenters. The van der Waals surface area contributed by atoms with Crippen molar-refractivity contribution in [3.63, 3.8) is 0 Å². The molecule has 6 heteroatoms. The molecule has 3 rings (SSSR count). The zero-order valence-electron chi connectivity index (χ0n) is 14.6. The van der Waals surface area contributed by atoms with Gasteiger partial charge in [0.25, 0.3) is 0 Å². The quantitative estimate of drug-likeness (QED) is 0.740. The van der Waals surface area contributed by atoms with Crippen molar-refractivity contribution in [2.75, 3.05) is 5.32 Å². The van der Waals surface area contributed by atoms with Crippen LogP contribution in [0.4, 0.5) is 14.9 Å². The summed E-state index contributed by atoms with van der Waals surface area (Å²) >= 11 is 0. The molecule has 0 fully saturated rings. The maximum Gasteiger partial charge on any atom is 0.319 e. The minimum Gasteiger partial charge on any atom is -0.332 e. The van der Waals surface area contributed by atoms with Crippen molar-refractivity contribution in [1.82, 2.24) is 15.3 Å². The van der Waals surface area contributed by atoms with E-state index in [0.29, 0.717) is 11.4 Å². The lowest BCUT2D eigenvalue weighted by atomic mass is 10.1. The summed E-state index contributed by atoms with van der Waals surface area (Å²) in [4.78, 5) is 20.5. The van der Waals surface area contributed by atoms with E-state index < -0.39 is 0 Å². The van der Waals surface area contributed by atoms with Crippen LogP contribution in [0.15, 0.2) is 54.9 Å². The molecule has 2 N–H and O–H groups in total. The third kappa shape index (κ3) is 4.22. The predicted molar refractivity (Wildman–Crippen MR) is 99.2 cm³/mol. The molecule has 26 heavy (non-hydrogen) atoms. The molecule has 0 spiro atoms. The van der Waals surface area contributed by atoms with Crippen LogP contribution >= 0.6 is 0 Å². The summed E-state index contributed by atoms with van der Waals surface area (Å²) in [5.74, 6) is -0.298. The van der Waals surface area contributed by atoms with Crippen LogP contribution < -0.4 is 10.6 Å². The summed E-state index contributed by atoms with van der Waals surface area (Å²) in [5, 5.41) is 5.62. The second-order valence-corrected chi connectivity index (χ2v) is 5.96. The van der Waals surface area contributed by atoms with Gasteiger partial charge in [-0.1, -0.05) is 12.1 Å². The minimum absolute atomic E-state index is 0.257. The van der Waals surface area contributed by atoms with Crippen molar-refractivity contribution in [3.05, 3.63) is 77.5 Å². The maximum absolute atomic E-state index is 13.0. The van der Waals surface area contributed by atoms with Gasteiger partial charge >= 0.3 is 6.03 Å². The Morgan fingerprint density at radius 2 is 1.85 bits per heavy atom. The third-order valence-electron chi connectivity index (χ3n) is 4.15. The minimum atomic E-state index is -0.305. The molecule has 132 valence electrons. The normalized spacial score (nSPS) is 10.4. The third-order valence-corrected chi connectivity index (χ3v) is 4.15. The summed E-state index contributed by atoms with van der Waals surface area (Å²) < 4.78 is 13.0. The molecule has 3 aromatic rings.